The largest absolute Gasteiger partial charge is 0.369 e. The highest BCUT2D eigenvalue weighted by atomic mass is 16.5. The summed E-state index contributed by atoms with van der Waals surface area (Å²) in [5, 5.41) is 0. The molecule has 1 heterocycles. The molecule has 4 nitrogen and oxygen atoms in total. The second kappa shape index (κ2) is 7.74. The minimum absolute atomic E-state index is 0.122. The molecule has 0 aromatic rings. The van der Waals surface area contributed by atoms with Crippen LogP contribution in [-0.2, 0) is 9.53 Å². The number of unbranched alkanes of at least 4 members (excludes halogenated alkanes) is 1. The normalized spacial score (nSPS) is 23.8. The lowest BCUT2D eigenvalue weighted by Crippen LogP contribution is -2.48. The first-order valence-electron chi connectivity index (χ1n) is 7.22. The predicted molar refractivity (Wildman–Crippen MR) is 73.3 cm³/mol. The van der Waals surface area contributed by atoms with Crippen molar-refractivity contribution in [3.8, 4) is 0 Å². The molecule has 18 heavy (non-hydrogen) atoms. The number of hydrogen-bond acceptors (Lipinski definition) is 3. The van der Waals surface area contributed by atoms with Crippen LogP contribution in [0.3, 0.4) is 0 Å². The second-order valence-electron chi connectivity index (χ2n) is 5.41. The van der Waals surface area contributed by atoms with Gasteiger partial charge in [0.25, 0.3) is 5.91 Å². The van der Waals surface area contributed by atoms with Gasteiger partial charge in [-0.05, 0) is 39.0 Å². The Kier molecular flexibility index (Phi) is 6.65. The van der Waals surface area contributed by atoms with Crippen molar-refractivity contribution >= 4 is 5.91 Å². The molecule has 0 aromatic heterocycles. The van der Waals surface area contributed by atoms with Crippen LogP contribution in [0.5, 0.6) is 0 Å². The van der Waals surface area contributed by atoms with Gasteiger partial charge in [-0.1, -0.05) is 13.3 Å². The fourth-order valence-corrected chi connectivity index (χ4v) is 2.37. The first kappa shape index (κ1) is 15.4. The van der Waals surface area contributed by atoms with Gasteiger partial charge in [0.1, 0.15) is 6.10 Å². The van der Waals surface area contributed by atoms with Crippen LogP contribution in [0.25, 0.3) is 0 Å². The molecule has 4 heteroatoms. The molecule has 3 unspecified atom stereocenters. The molecule has 1 aliphatic rings. The summed E-state index contributed by atoms with van der Waals surface area (Å²) < 4.78 is 5.57. The van der Waals surface area contributed by atoms with E-state index in [0.29, 0.717) is 12.5 Å². The molecule has 0 aromatic carbocycles. The van der Waals surface area contributed by atoms with Crippen LogP contribution in [0.2, 0.25) is 0 Å². The topological polar surface area (TPSA) is 55.6 Å². The van der Waals surface area contributed by atoms with Gasteiger partial charge >= 0.3 is 0 Å². The third kappa shape index (κ3) is 4.58. The average molecular weight is 256 g/mol. The zero-order valence-corrected chi connectivity index (χ0v) is 12.0. The van der Waals surface area contributed by atoms with Crippen LogP contribution >= 0.6 is 0 Å². The fourth-order valence-electron chi connectivity index (χ4n) is 2.37. The predicted octanol–water partition coefficient (Wildman–Crippen LogP) is 1.78. The van der Waals surface area contributed by atoms with Gasteiger partial charge in [-0.3, -0.25) is 4.79 Å². The van der Waals surface area contributed by atoms with Crippen LogP contribution < -0.4 is 5.73 Å². The van der Waals surface area contributed by atoms with Crippen LogP contribution in [0.15, 0.2) is 0 Å². The Hall–Kier alpha value is -0.610. The summed E-state index contributed by atoms with van der Waals surface area (Å²) in [6.07, 6.45) is 3.98. The highest BCUT2D eigenvalue weighted by Gasteiger charge is 2.28. The minimum atomic E-state index is -0.316. The molecule has 1 fully saturated rings. The van der Waals surface area contributed by atoms with Gasteiger partial charge in [0, 0.05) is 25.7 Å². The number of rotatable bonds is 6. The maximum absolute atomic E-state index is 12.2. The summed E-state index contributed by atoms with van der Waals surface area (Å²) in [4.78, 5) is 14.1. The van der Waals surface area contributed by atoms with Crippen molar-refractivity contribution in [3.05, 3.63) is 0 Å². The van der Waals surface area contributed by atoms with Gasteiger partial charge < -0.3 is 15.4 Å². The van der Waals surface area contributed by atoms with E-state index in [1.54, 1.807) is 0 Å². The quantitative estimate of drug-likeness (QED) is 0.737. The lowest BCUT2D eigenvalue weighted by atomic mass is 9.92. The molecule has 1 saturated heterocycles. The molecule has 1 rings (SSSR count). The molecule has 0 bridgehead atoms. The number of carbonyl (C=O) groups is 1. The molecule has 0 spiro atoms. The third-order valence-electron chi connectivity index (χ3n) is 3.73. The number of piperidine rings is 1. The van der Waals surface area contributed by atoms with Crippen molar-refractivity contribution in [1.82, 2.24) is 4.90 Å². The van der Waals surface area contributed by atoms with E-state index >= 15 is 0 Å². The summed E-state index contributed by atoms with van der Waals surface area (Å²) in [6, 6.07) is 0.164. The van der Waals surface area contributed by atoms with Crippen LogP contribution in [-0.4, -0.2) is 42.6 Å². The lowest BCUT2D eigenvalue weighted by Gasteiger charge is -2.35. The van der Waals surface area contributed by atoms with E-state index < -0.39 is 0 Å². The van der Waals surface area contributed by atoms with E-state index in [0.717, 1.165) is 38.8 Å². The monoisotopic (exact) mass is 256 g/mol. The minimum Gasteiger partial charge on any atom is -0.369 e. The molecule has 3 atom stereocenters. The van der Waals surface area contributed by atoms with E-state index in [2.05, 4.69) is 6.92 Å². The Morgan fingerprint density at radius 2 is 2.22 bits per heavy atom. The van der Waals surface area contributed by atoms with Crippen molar-refractivity contribution in [2.45, 2.75) is 58.6 Å². The average Bonchev–Trinajstić information content (AvgIpc) is 2.38. The SMILES string of the molecule is CCCCOC(C)C(=O)N1CCCC(C(C)N)C1. The van der Waals surface area contributed by atoms with E-state index in [1.807, 2.05) is 18.7 Å². The number of likely N-dealkylation sites (tertiary alicyclic amines) is 1. The van der Waals surface area contributed by atoms with E-state index in [9.17, 15) is 4.79 Å². The van der Waals surface area contributed by atoms with Gasteiger partial charge in [-0.25, -0.2) is 0 Å². The Morgan fingerprint density at radius 1 is 1.50 bits per heavy atom. The Bertz CT molecular complexity index is 256. The molecule has 2 N–H and O–H groups in total. The van der Waals surface area contributed by atoms with Crippen molar-refractivity contribution in [3.63, 3.8) is 0 Å². The Morgan fingerprint density at radius 3 is 2.83 bits per heavy atom. The third-order valence-corrected chi connectivity index (χ3v) is 3.73. The van der Waals surface area contributed by atoms with Gasteiger partial charge in [-0.2, -0.15) is 0 Å². The smallest absolute Gasteiger partial charge is 0.251 e. The molecule has 0 saturated carbocycles. The zero-order chi connectivity index (χ0) is 13.5. The van der Waals surface area contributed by atoms with Gasteiger partial charge in [0.15, 0.2) is 0 Å². The number of amides is 1. The van der Waals surface area contributed by atoms with Crippen LogP contribution in [0.1, 0.15) is 46.5 Å². The Balaban J connectivity index is 2.40. The highest BCUT2D eigenvalue weighted by Crippen LogP contribution is 2.19. The molecular formula is C14H28N2O2. The maximum atomic E-state index is 12.2. The standard InChI is InChI=1S/C14H28N2O2/c1-4-5-9-18-12(3)14(17)16-8-6-7-13(10-16)11(2)15/h11-13H,4-10,15H2,1-3H3. The number of carbonyl (C=O) groups excluding carboxylic acids is 1. The molecule has 1 aliphatic heterocycles. The summed E-state index contributed by atoms with van der Waals surface area (Å²) in [7, 11) is 0. The number of hydrogen-bond donors (Lipinski definition) is 1. The van der Waals surface area contributed by atoms with Gasteiger partial charge in [0.2, 0.25) is 0 Å². The van der Waals surface area contributed by atoms with Crippen molar-refractivity contribution in [2.24, 2.45) is 11.7 Å². The van der Waals surface area contributed by atoms with Gasteiger partial charge in [0.05, 0.1) is 0 Å². The van der Waals surface area contributed by atoms with Gasteiger partial charge in [-0.15, -0.1) is 0 Å². The van der Waals surface area contributed by atoms with Crippen molar-refractivity contribution in [1.29, 1.82) is 0 Å². The molecule has 106 valence electrons. The lowest BCUT2D eigenvalue weighted by molar-refractivity contribution is -0.144. The van der Waals surface area contributed by atoms with Crippen molar-refractivity contribution in [2.75, 3.05) is 19.7 Å². The Labute approximate surface area is 111 Å². The molecule has 1 amide bonds. The second-order valence-corrected chi connectivity index (χ2v) is 5.41. The summed E-state index contributed by atoms with van der Waals surface area (Å²) in [6.45, 7) is 8.32. The number of nitrogens with zero attached hydrogens (tertiary/aromatic N) is 1. The zero-order valence-electron chi connectivity index (χ0n) is 12.0. The van der Waals surface area contributed by atoms with Crippen LogP contribution in [0.4, 0.5) is 0 Å². The summed E-state index contributed by atoms with van der Waals surface area (Å²) >= 11 is 0. The summed E-state index contributed by atoms with van der Waals surface area (Å²) in [5.41, 5.74) is 5.93. The van der Waals surface area contributed by atoms with E-state index in [1.165, 1.54) is 0 Å². The summed E-state index contributed by atoms with van der Waals surface area (Å²) in [5.74, 6) is 0.557. The van der Waals surface area contributed by atoms with Crippen LogP contribution in [0, 0.1) is 5.92 Å². The first-order chi connectivity index (χ1) is 8.56. The molecule has 0 aliphatic carbocycles. The van der Waals surface area contributed by atoms with E-state index in [4.69, 9.17) is 10.5 Å². The maximum Gasteiger partial charge on any atom is 0.251 e. The molecular weight excluding hydrogens is 228 g/mol. The molecule has 0 radical (unpaired) electrons. The van der Waals surface area contributed by atoms with E-state index in [-0.39, 0.29) is 18.1 Å². The highest BCUT2D eigenvalue weighted by molar-refractivity contribution is 5.80. The number of ether oxygens (including phenoxy) is 1. The fraction of sp³-hybridized carbons (Fsp3) is 0.929. The first-order valence-corrected chi connectivity index (χ1v) is 7.22. The van der Waals surface area contributed by atoms with Crippen molar-refractivity contribution < 1.29 is 9.53 Å². The number of nitrogens with two attached hydrogens (primary N) is 1.